The zero-order chi connectivity index (χ0) is 19.6. The van der Waals surface area contributed by atoms with E-state index >= 15 is 0 Å². The van der Waals surface area contributed by atoms with Gasteiger partial charge in [-0.2, -0.15) is 0 Å². The van der Waals surface area contributed by atoms with E-state index in [4.69, 9.17) is 9.47 Å². The Labute approximate surface area is 159 Å². The summed E-state index contributed by atoms with van der Waals surface area (Å²) in [6.45, 7) is 6.53. The molecule has 0 saturated carbocycles. The van der Waals surface area contributed by atoms with Gasteiger partial charge in [-0.15, -0.1) is 0 Å². The molecular weight excluding hydrogens is 345 g/mol. The summed E-state index contributed by atoms with van der Waals surface area (Å²) < 4.78 is 24.7. The number of benzene rings is 2. The van der Waals surface area contributed by atoms with Crippen molar-refractivity contribution in [1.82, 2.24) is 4.90 Å². The van der Waals surface area contributed by atoms with Crippen LogP contribution in [0.1, 0.15) is 38.0 Å². The molecule has 4 nitrogen and oxygen atoms in total. The lowest BCUT2D eigenvalue weighted by molar-refractivity contribution is -0.00157. The van der Waals surface area contributed by atoms with Gasteiger partial charge in [0.2, 0.25) is 0 Å². The van der Waals surface area contributed by atoms with Crippen LogP contribution in [0.5, 0.6) is 0 Å². The molecular formula is C22H26FNO3. The topological polar surface area (TPSA) is 38.8 Å². The Morgan fingerprint density at radius 3 is 2.59 bits per heavy atom. The van der Waals surface area contributed by atoms with Gasteiger partial charge in [-0.3, -0.25) is 0 Å². The quantitative estimate of drug-likeness (QED) is 0.764. The van der Waals surface area contributed by atoms with Crippen LogP contribution in [-0.4, -0.2) is 36.8 Å². The number of carbonyl (C=O) groups is 1. The van der Waals surface area contributed by atoms with Gasteiger partial charge in [-0.05, 0) is 61.6 Å². The minimum absolute atomic E-state index is 0.216. The predicted molar refractivity (Wildman–Crippen MR) is 103 cm³/mol. The number of amides is 1. The summed E-state index contributed by atoms with van der Waals surface area (Å²) in [5.74, 6) is -0.247. The van der Waals surface area contributed by atoms with Gasteiger partial charge in [0.1, 0.15) is 17.5 Å². The first-order valence-electron chi connectivity index (χ1n) is 9.18. The molecule has 3 rings (SSSR count). The lowest BCUT2D eigenvalue weighted by Gasteiger charge is -2.32. The molecule has 1 heterocycles. The first-order chi connectivity index (χ1) is 12.7. The van der Waals surface area contributed by atoms with Crippen LogP contribution >= 0.6 is 0 Å². The lowest BCUT2D eigenvalue weighted by atomic mass is 9.89. The third-order valence-electron chi connectivity index (χ3n) is 4.53. The number of nitrogens with zero attached hydrogens (tertiary/aromatic N) is 1. The van der Waals surface area contributed by atoms with Crippen molar-refractivity contribution in [2.45, 2.75) is 38.9 Å². The standard InChI is InChI=1S/C22H26FNO3/c1-22(2,3)27-21(25)24(4)14-20-19-7-5-6-17(18(19)12-13-26-20)15-8-10-16(23)11-9-15/h5-11,20H,12-14H2,1-4H3/t20-/m1/s1. The predicted octanol–water partition coefficient (Wildman–Crippen LogP) is 4.97. The molecule has 0 unspecified atom stereocenters. The fourth-order valence-corrected chi connectivity index (χ4v) is 3.29. The summed E-state index contributed by atoms with van der Waals surface area (Å²) in [4.78, 5) is 13.8. The minimum Gasteiger partial charge on any atom is -0.444 e. The molecule has 1 amide bonds. The van der Waals surface area contributed by atoms with Crippen LogP contribution < -0.4 is 0 Å². The highest BCUT2D eigenvalue weighted by atomic mass is 19.1. The van der Waals surface area contributed by atoms with E-state index in [0.29, 0.717) is 13.2 Å². The van der Waals surface area contributed by atoms with Crippen molar-refractivity contribution in [2.24, 2.45) is 0 Å². The van der Waals surface area contributed by atoms with Gasteiger partial charge < -0.3 is 14.4 Å². The van der Waals surface area contributed by atoms with E-state index in [2.05, 4.69) is 0 Å². The van der Waals surface area contributed by atoms with Gasteiger partial charge >= 0.3 is 6.09 Å². The number of likely N-dealkylation sites (N-methyl/N-ethyl adjacent to an activating group) is 1. The molecule has 0 bridgehead atoms. The lowest BCUT2D eigenvalue weighted by Crippen LogP contribution is -2.38. The van der Waals surface area contributed by atoms with Gasteiger partial charge in [0.25, 0.3) is 0 Å². The van der Waals surface area contributed by atoms with Crippen LogP contribution in [0, 0.1) is 5.82 Å². The second-order valence-corrected chi connectivity index (χ2v) is 7.85. The Kier molecular flexibility index (Phi) is 5.51. The number of hydrogen-bond donors (Lipinski definition) is 0. The number of fused-ring (bicyclic) bond motifs is 1. The van der Waals surface area contributed by atoms with Crippen molar-refractivity contribution < 1.29 is 18.7 Å². The molecule has 0 spiro atoms. The van der Waals surface area contributed by atoms with Crippen LogP contribution in [0.2, 0.25) is 0 Å². The summed E-state index contributed by atoms with van der Waals surface area (Å²) in [6, 6.07) is 12.6. The maximum atomic E-state index is 13.3. The molecule has 0 radical (unpaired) electrons. The second-order valence-electron chi connectivity index (χ2n) is 7.85. The third kappa shape index (κ3) is 4.66. The van der Waals surface area contributed by atoms with E-state index in [1.54, 1.807) is 24.1 Å². The van der Waals surface area contributed by atoms with E-state index < -0.39 is 5.60 Å². The van der Waals surface area contributed by atoms with Crippen molar-refractivity contribution in [1.29, 1.82) is 0 Å². The van der Waals surface area contributed by atoms with Gasteiger partial charge in [0.15, 0.2) is 0 Å². The number of rotatable bonds is 3. The smallest absolute Gasteiger partial charge is 0.410 e. The molecule has 144 valence electrons. The van der Waals surface area contributed by atoms with Gasteiger partial charge in [0, 0.05) is 7.05 Å². The normalized spacial score (nSPS) is 16.6. The van der Waals surface area contributed by atoms with E-state index in [1.165, 1.54) is 17.7 Å². The number of halogens is 1. The Hall–Kier alpha value is -2.40. The minimum atomic E-state index is -0.535. The Morgan fingerprint density at radius 2 is 1.93 bits per heavy atom. The molecule has 0 saturated heterocycles. The van der Waals surface area contributed by atoms with E-state index in [-0.39, 0.29) is 18.0 Å². The fourth-order valence-electron chi connectivity index (χ4n) is 3.29. The molecule has 0 N–H and O–H groups in total. The number of carbonyl (C=O) groups excluding carboxylic acids is 1. The molecule has 1 aliphatic heterocycles. The molecule has 1 aliphatic rings. The van der Waals surface area contributed by atoms with E-state index in [9.17, 15) is 9.18 Å². The molecule has 0 aromatic heterocycles. The Morgan fingerprint density at radius 1 is 1.22 bits per heavy atom. The van der Waals surface area contributed by atoms with E-state index in [1.807, 2.05) is 39.0 Å². The van der Waals surface area contributed by atoms with Crippen LogP contribution in [-0.2, 0) is 15.9 Å². The fraction of sp³-hybridized carbons (Fsp3) is 0.409. The Balaban J connectivity index is 1.83. The average Bonchev–Trinajstić information content (AvgIpc) is 2.61. The van der Waals surface area contributed by atoms with Crippen molar-refractivity contribution in [3.63, 3.8) is 0 Å². The summed E-state index contributed by atoms with van der Waals surface area (Å²) >= 11 is 0. The highest BCUT2D eigenvalue weighted by molar-refractivity contribution is 5.70. The molecule has 1 atom stereocenters. The van der Waals surface area contributed by atoms with Crippen LogP contribution in [0.4, 0.5) is 9.18 Å². The zero-order valence-corrected chi connectivity index (χ0v) is 16.3. The number of hydrogen-bond acceptors (Lipinski definition) is 3. The SMILES string of the molecule is CN(C[C@H]1OCCc2c(-c3ccc(F)cc3)cccc21)C(=O)OC(C)(C)C. The maximum Gasteiger partial charge on any atom is 0.410 e. The molecule has 5 heteroatoms. The maximum absolute atomic E-state index is 13.3. The summed E-state index contributed by atoms with van der Waals surface area (Å²) in [7, 11) is 1.72. The molecule has 2 aromatic rings. The molecule has 2 aromatic carbocycles. The van der Waals surface area contributed by atoms with Gasteiger partial charge in [0.05, 0.1) is 13.2 Å². The summed E-state index contributed by atoms with van der Waals surface area (Å²) in [5.41, 5.74) is 3.79. The van der Waals surface area contributed by atoms with Crippen molar-refractivity contribution in [2.75, 3.05) is 20.2 Å². The average molecular weight is 371 g/mol. The monoisotopic (exact) mass is 371 g/mol. The first kappa shape index (κ1) is 19.4. The van der Waals surface area contributed by atoms with Gasteiger partial charge in [-0.25, -0.2) is 9.18 Å². The molecule has 0 fully saturated rings. The number of ether oxygens (including phenoxy) is 2. The second kappa shape index (κ2) is 7.69. The van der Waals surface area contributed by atoms with Crippen LogP contribution in [0.3, 0.4) is 0 Å². The van der Waals surface area contributed by atoms with E-state index in [0.717, 1.165) is 23.1 Å². The third-order valence-corrected chi connectivity index (χ3v) is 4.53. The highest BCUT2D eigenvalue weighted by Gasteiger charge is 2.27. The van der Waals surface area contributed by atoms with Gasteiger partial charge in [-0.1, -0.05) is 30.3 Å². The van der Waals surface area contributed by atoms with Crippen molar-refractivity contribution in [3.8, 4) is 11.1 Å². The first-order valence-corrected chi connectivity index (χ1v) is 9.18. The Bertz CT molecular complexity index is 811. The zero-order valence-electron chi connectivity index (χ0n) is 16.3. The van der Waals surface area contributed by atoms with Crippen molar-refractivity contribution >= 4 is 6.09 Å². The highest BCUT2D eigenvalue weighted by Crippen LogP contribution is 2.35. The summed E-state index contributed by atoms with van der Waals surface area (Å²) in [5, 5.41) is 0. The largest absolute Gasteiger partial charge is 0.444 e. The van der Waals surface area contributed by atoms with Crippen LogP contribution in [0.25, 0.3) is 11.1 Å². The molecule has 0 aliphatic carbocycles. The molecule has 27 heavy (non-hydrogen) atoms. The van der Waals surface area contributed by atoms with Crippen molar-refractivity contribution in [3.05, 3.63) is 59.4 Å². The summed E-state index contributed by atoms with van der Waals surface area (Å²) in [6.07, 6.45) is 0.204. The van der Waals surface area contributed by atoms with Crippen LogP contribution in [0.15, 0.2) is 42.5 Å².